The van der Waals surface area contributed by atoms with Crippen molar-refractivity contribution in [3.05, 3.63) is 45.4 Å². The second-order valence-electron chi connectivity index (χ2n) is 7.68. The van der Waals surface area contributed by atoms with Crippen LogP contribution in [0.5, 0.6) is 0 Å². The first kappa shape index (κ1) is 23.0. The van der Waals surface area contributed by atoms with Crippen LogP contribution in [0.25, 0.3) is 0 Å². The van der Waals surface area contributed by atoms with Crippen LogP contribution in [0.1, 0.15) is 64.8 Å². The average molecular weight is 464 g/mol. The quantitative estimate of drug-likeness (QED) is 0.580. The lowest BCUT2D eigenvalue weighted by Crippen LogP contribution is -2.50. The molecule has 1 aliphatic carbocycles. The number of carbonyl (C=O) groups excluding carboxylic acids is 3. The average Bonchev–Trinajstić information content (AvgIpc) is 3.14. The van der Waals surface area contributed by atoms with Crippen molar-refractivity contribution in [3.8, 4) is 0 Å². The Labute approximate surface area is 190 Å². The first-order chi connectivity index (χ1) is 14.8. The molecule has 0 saturated heterocycles. The van der Waals surface area contributed by atoms with Gasteiger partial charge in [0.15, 0.2) is 5.69 Å². The molecule has 1 aromatic heterocycles. The molecule has 1 saturated carbocycles. The number of anilines is 1. The Balaban J connectivity index is 1.88. The van der Waals surface area contributed by atoms with Crippen LogP contribution in [0.3, 0.4) is 0 Å². The number of rotatable bonds is 7. The molecule has 0 spiro atoms. The van der Waals surface area contributed by atoms with E-state index in [-0.39, 0.29) is 34.8 Å². The molecular weight excluding hydrogens is 438 g/mol. The minimum Gasteiger partial charge on any atom is -0.395 e. The van der Waals surface area contributed by atoms with Crippen LogP contribution < -0.4 is 16.8 Å². The molecule has 1 fully saturated rings. The minimum absolute atomic E-state index is 0.0677. The van der Waals surface area contributed by atoms with Crippen LogP contribution in [-0.2, 0) is 11.3 Å². The number of nitrogens with one attached hydrogen (secondary N) is 1. The van der Waals surface area contributed by atoms with E-state index >= 15 is 0 Å². The standard InChI is InChI=1S/C21H26ClN5O3S/c1-12(20(29)25-14-8-3-2-4-9-14)27(11-13-7-5-6-10-15(13)22)21(30)18-16(23)17(19(24)28)26-31-18/h5-7,10,12,14H,2-4,8-9,11,23H2,1H3,(H2,24,28)(H,25,29). The lowest BCUT2D eigenvalue weighted by Gasteiger charge is -2.31. The van der Waals surface area contributed by atoms with E-state index in [9.17, 15) is 14.4 Å². The van der Waals surface area contributed by atoms with Crippen LogP contribution in [0.2, 0.25) is 5.02 Å². The Morgan fingerprint density at radius 3 is 2.55 bits per heavy atom. The second kappa shape index (κ2) is 10.1. The fraction of sp³-hybridized carbons (Fsp3) is 0.429. The van der Waals surface area contributed by atoms with Crippen molar-refractivity contribution >= 4 is 46.5 Å². The monoisotopic (exact) mass is 463 g/mol. The van der Waals surface area contributed by atoms with E-state index in [4.69, 9.17) is 23.1 Å². The maximum absolute atomic E-state index is 13.4. The van der Waals surface area contributed by atoms with Gasteiger partial charge in [0.1, 0.15) is 10.9 Å². The molecule has 0 aliphatic heterocycles. The number of hydrogen-bond acceptors (Lipinski definition) is 6. The van der Waals surface area contributed by atoms with Gasteiger partial charge in [0.2, 0.25) is 5.91 Å². The van der Waals surface area contributed by atoms with E-state index in [0.29, 0.717) is 10.6 Å². The Morgan fingerprint density at radius 1 is 1.26 bits per heavy atom. The Hall–Kier alpha value is -2.65. The highest BCUT2D eigenvalue weighted by molar-refractivity contribution is 7.09. The number of amides is 3. The first-order valence-electron chi connectivity index (χ1n) is 10.2. The van der Waals surface area contributed by atoms with Gasteiger partial charge in [0, 0.05) is 17.6 Å². The van der Waals surface area contributed by atoms with Crippen LogP contribution in [0, 0.1) is 0 Å². The maximum Gasteiger partial charge on any atom is 0.270 e. The summed E-state index contributed by atoms with van der Waals surface area (Å²) in [4.78, 5) is 39.4. The van der Waals surface area contributed by atoms with Crippen molar-refractivity contribution in [2.75, 3.05) is 5.73 Å². The molecule has 1 aromatic carbocycles. The van der Waals surface area contributed by atoms with E-state index in [1.165, 1.54) is 11.3 Å². The number of carbonyl (C=O) groups is 3. The Morgan fingerprint density at radius 2 is 1.94 bits per heavy atom. The Kier molecular flexibility index (Phi) is 7.50. The smallest absolute Gasteiger partial charge is 0.270 e. The molecule has 3 amide bonds. The van der Waals surface area contributed by atoms with Gasteiger partial charge in [-0.15, -0.1) is 0 Å². The molecule has 0 radical (unpaired) electrons. The van der Waals surface area contributed by atoms with Gasteiger partial charge < -0.3 is 21.7 Å². The SMILES string of the molecule is CC(C(=O)NC1CCCCC1)N(Cc1ccccc1Cl)C(=O)c1snc(C(N)=O)c1N. The zero-order valence-corrected chi connectivity index (χ0v) is 18.8. The van der Waals surface area contributed by atoms with Gasteiger partial charge in [0.05, 0.1) is 5.69 Å². The van der Waals surface area contributed by atoms with Gasteiger partial charge in [-0.05, 0) is 42.9 Å². The Bertz CT molecular complexity index is 974. The van der Waals surface area contributed by atoms with Crippen molar-refractivity contribution < 1.29 is 14.4 Å². The van der Waals surface area contributed by atoms with Crippen LogP contribution in [0.15, 0.2) is 24.3 Å². The van der Waals surface area contributed by atoms with Crippen LogP contribution in [0.4, 0.5) is 5.69 Å². The summed E-state index contributed by atoms with van der Waals surface area (Å²) in [5, 5.41) is 3.54. The van der Waals surface area contributed by atoms with Crippen molar-refractivity contribution in [1.82, 2.24) is 14.6 Å². The first-order valence-corrected chi connectivity index (χ1v) is 11.3. The van der Waals surface area contributed by atoms with Gasteiger partial charge in [-0.1, -0.05) is 49.1 Å². The topological polar surface area (TPSA) is 131 Å². The third kappa shape index (κ3) is 5.34. The van der Waals surface area contributed by atoms with E-state index in [0.717, 1.165) is 37.2 Å². The molecule has 5 N–H and O–H groups in total. The summed E-state index contributed by atoms with van der Waals surface area (Å²) in [5.74, 6) is -1.56. The van der Waals surface area contributed by atoms with Crippen molar-refractivity contribution in [3.63, 3.8) is 0 Å². The molecular formula is C21H26ClN5O3S. The third-order valence-corrected chi connectivity index (χ3v) is 6.73. The van der Waals surface area contributed by atoms with Gasteiger partial charge in [-0.25, -0.2) is 0 Å². The third-order valence-electron chi connectivity index (χ3n) is 5.51. The molecule has 10 heteroatoms. The summed E-state index contributed by atoms with van der Waals surface area (Å²) >= 11 is 7.09. The molecule has 1 unspecified atom stereocenters. The highest BCUT2D eigenvalue weighted by Gasteiger charge is 2.32. The van der Waals surface area contributed by atoms with Gasteiger partial charge in [-0.3, -0.25) is 14.4 Å². The summed E-state index contributed by atoms with van der Waals surface area (Å²) in [7, 11) is 0. The number of nitrogens with zero attached hydrogens (tertiary/aromatic N) is 2. The molecule has 31 heavy (non-hydrogen) atoms. The lowest BCUT2D eigenvalue weighted by molar-refractivity contribution is -0.126. The van der Waals surface area contributed by atoms with E-state index in [1.807, 2.05) is 6.07 Å². The zero-order valence-electron chi connectivity index (χ0n) is 17.3. The predicted octanol–water partition coefficient (Wildman–Crippen LogP) is 2.96. The number of hydrogen-bond donors (Lipinski definition) is 3. The van der Waals surface area contributed by atoms with E-state index in [1.54, 1.807) is 25.1 Å². The van der Waals surface area contributed by atoms with Crippen molar-refractivity contribution in [2.24, 2.45) is 5.73 Å². The summed E-state index contributed by atoms with van der Waals surface area (Å²) in [5.41, 5.74) is 11.7. The maximum atomic E-state index is 13.4. The minimum atomic E-state index is -0.812. The summed E-state index contributed by atoms with van der Waals surface area (Å²) in [6, 6.07) is 6.43. The molecule has 1 heterocycles. The molecule has 166 valence electrons. The molecule has 1 aliphatic rings. The van der Waals surface area contributed by atoms with E-state index < -0.39 is 17.9 Å². The van der Waals surface area contributed by atoms with Gasteiger partial charge in [0.25, 0.3) is 11.8 Å². The number of nitrogens with two attached hydrogens (primary N) is 2. The molecule has 0 bridgehead atoms. The predicted molar refractivity (Wildman–Crippen MR) is 121 cm³/mol. The highest BCUT2D eigenvalue weighted by Crippen LogP contribution is 2.27. The number of nitrogen functional groups attached to an aromatic ring is 1. The van der Waals surface area contributed by atoms with Gasteiger partial charge in [-0.2, -0.15) is 4.37 Å². The zero-order chi connectivity index (χ0) is 22.5. The van der Waals surface area contributed by atoms with Crippen molar-refractivity contribution in [1.29, 1.82) is 0 Å². The van der Waals surface area contributed by atoms with Crippen LogP contribution >= 0.6 is 23.1 Å². The fourth-order valence-electron chi connectivity index (χ4n) is 3.66. The highest BCUT2D eigenvalue weighted by atomic mass is 35.5. The lowest BCUT2D eigenvalue weighted by atomic mass is 9.95. The van der Waals surface area contributed by atoms with Crippen molar-refractivity contribution in [2.45, 2.75) is 57.7 Å². The number of primary amides is 1. The number of benzene rings is 1. The largest absolute Gasteiger partial charge is 0.395 e. The second-order valence-corrected chi connectivity index (χ2v) is 8.86. The van der Waals surface area contributed by atoms with E-state index in [2.05, 4.69) is 9.69 Å². The molecule has 1 atom stereocenters. The number of aromatic nitrogens is 1. The fourth-order valence-corrected chi connectivity index (χ4v) is 4.62. The molecule has 2 aromatic rings. The molecule has 8 nitrogen and oxygen atoms in total. The van der Waals surface area contributed by atoms with Crippen LogP contribution in [-0.4, -0.2) is 39.1 Å². The van der Waals surface area contributed by atoms with Gasteiger partial charge >= 0.3 is 0 Å². The normalized spacial score (nSPS) is 15.3. The summed E-state index contributed by atoms with van der Waals surface area (Å²) in [6.45, 7) is 1.76. The number of halogens is 1. The molecule has 3 rings (SSSR count). The summed E-state index contributed by atoms with van der Waals surface area (Å²) in [6.07, 6.45) is 5.19. The summed E-state index contributed by atoms with van der Waals surface area (Å²) < 4.78 is 3.91.